The number of hydrogen-bond acceptors (Lipinski definition) is 2. The Hall–Kier alpha value is -3.98. The molecule has 0 amide bonds. The first-order valence-electron chi connectivity index (χ1n) is 17.6. The fourth-order valence-electron chi connectivity index (χ4n) is 7.06. The van der Waals surface area contributed by atoms with Crippen molar-refractivity contribution in [1.82, 2.24) is 14.8 Å². The van der Waals surface area contributed by atoms with Gasteiger partial charge in [0.25, 0.3) is 0 Å². The fourth-order valence-corrected chi connectivity index (χ4v) is 7.06. The molecule has 0 aliphatic carbocycles. The predicted molar refractivity (Wildman–Crippen MR) is 197 cm³/mol. The molecule has 0 fully saturated rings. The minimum atomic E-state index is 0.776. The van der Waals surface area contributed by atoms with Crippen LogP contribution in [-0.4, -0.2) is 14.8 Å². The summed E-state index contributed by atoms with van der Waals surface area (Å²) in [5.74, 6) is 1.66. The molecular formula is C43H53N3. The quantitative estimate of drug-likeness (QED) is 0.117. The van der Waals surface area contributed by atoms with Crippen LogP contribution in [0.3, 0.4) is 0 Å². The Balaban J connectivity index is 1.43. The number of hydrogen-bond donors (Lipinski definition) is 0. The molecule has 240 valence electrons. The molecule has 1 aromatic heterocycles. The van der Waals surface area contributed by atoms with Gasteiger partial charge in [-0.2, -0.15) is 5.10 Å². The van der Waals surface area contributed by atoms with Gasteiger partial charge in [0.2, 0.25) is 0 Å². The molecule has 46 heavy (non-hydrogen) atoms. The number of nitrogens with zero attached hydrogens (tertiary/aromatic N) is 3. The molecule has 0 saturated heterocycles. The summed E-state index contributed by atoms with van der Waals surface area (Å²) < 4.78 is 2.06. The van der Waals surface area contributed by atoms with Crippen LogP contribution in [0.25, 0.3) is 39.3 Å². The molecule has 0 bridgehead atoms. The van der Waals surface area contributed by atoms with Gasteiger partial charge in [0.05, 0.1) is 5.69 Å². The second-order valence-corrected chi connectivity index (χ2v) is 13.4. The van der Waals surface area contributed by atoms with Gasteiger partial charge in [-0.3, -0.25) is 0 Å². The van der Waals surface area contributed by atoms with Gasteiger partial charge >= 0.3 is 0 Å². The molecule has 0 atom stereocenters. The van der Waals surface area contributed by atoms with Crippen molar-refractivity contribution in [3.63, 3.8) is 0 Å². The lowest BCUT2D eigenvalue weighted by atomic mass is 9.91. The van der Waals surface area contributed by atoms with Gasteiger partial charge in [0, 0.05) is 5.56 Å². The van der Waals surface area contributed by atoms with Gasteiger partial charge in [-0.05, 0) is 134 Å². The molecule has 1 heterocycles. The molecular weight excluding hydrogens is 558 g/mol. The number of aromatic nitrogens is 3. The van der Waals surface area contributed by atoms with Crippen molar-refractivity contribution in [2.45, 2.75) is 113 Å². The van der Waals surface area contributed by atoms with Crippen molar-refractivity contribution >= 4 is 0 Å². The van der Waals surface area contributed by atoms with Crippen LogP contribution >= 0.6 is 0 Å². The third-order valence-corrected chi connectivity index (χ3v) is 9.34. The number of rotatable bonds is 14. The summed E-state index contributed by atoms with van der Waals surface area (Å²) in [5, 5.41) is 4.93. The van der Waals surface area contributed by atoms with Crippen LogP contribution in [-0.2, 0) is 12.8 Å². The van der Waals surface area contributed by atoms with E-state index >= 15 is 0 Å². The molecule has 0 N–H and O–H groups in total. The predicted octanol–water partition coefficient (Wildman–Crippen LogP) is 12.1. The Morgan fingerprint density at radius 1 is 0.522 bits per heavy atom. The van der Waals surface area contributed by atoms with Crippen molar-refractivity contribution in [2.24, 2.45) is 0 Å². The highest BCUT2D eigenvalue weighted by atomic mass is 15.4. The van der Waals surface area contributed by atoms with Crippen molar-refractivity contribution < 1.29 is 0 Å². The van der Waals surface area contributed by atoms with E-state index in [1.165, 1.54) is 107 Å². The molecule has 0 radical (unpaired) electrons. The topological polar surface area (TPSA) is 30.7 Å². The van der Waals surface area contributed by atoms with Crippen LogP contribution < -0.4 is 0 Å². The van der Waals surface area contributed by atoms with E-state index in [0.717, 1.165) is 35.7 Å². The smallest absolute Gasteiger partial charge is 0.163 e. The zero-order chi connectivity index (χ0) is 32.6. The molecule has 0 aliphatic heterocycles. The minimum Gasteiger partial charge on any atom is -0.212 e. The van der Waals surface area contributed by atoms with Crippen LogP contribution in [0.5, 0.6) is 0 Å². The van der Waals surface area contributed by atoms with Gasteiger partial charge in [-0.25, -0.2) is 9.67 Å². The lowest BCUT2D eigenvalue weighted by Crippen LogP contribution is -2.05. The third-order valence-electron chi connectivity index (χ3n) is 9.34. The van der Waals surface area contributed by atoms with Gasteiger partial charge in [0.1, 0.15) is 5.82 Å². The van der Waals surface area contributed by atoms with E-state index in [1.807, 2.05) is 6.92 Å². The van der Waals surface area contributed by atoms with E-state index in [1.54, 1.807) is 0 Å². The van der Waals surface area contributed by atoms with E-state index in [2.05, 4.69) is 119 Å². The highest BCUT2D eigenvalue weighted by Crippen LogP contribution is 2.34. The van der Waals surface area contributed by atoms with Gasteiger partial charge in [-0.1, -0.05) is 107 Å². The molecule has 0 spiro atoms. The average Bonchev–Trinajstić information content (AvgIpc) is 3.42. The summed E-state index contributed by atoms with van der Waals surface area (Å²) in [6.45, 7) is 15.4. The van der Waals surface area contributed by atoms with Crippen molar-refractivity contribution in [2.75, 3.05) is 0 Å². The molecule has 0 saturated carbocycles. The third kappa shape index (κ3) is 7.86. The molecule has 3 nitrogen and oxygen atoms in total. The van der Waals surface area contributed by atoms with Crippen LogP contribution in [0, 0.1) is 34.6 Å². The molecule has 3 heteroatoms. The van der Waals surface area contributed by atoms with Gasteiger partial charge < -0.3 is 0 Å². The molecule has 0 unspecified atom stereocenters. The molecule has 0 aliphatic rings. The van der Waals surface area contributed by atoms with Crippen molar-refractivity contribution in [3.05, 3.63) is 112 Å². The van der Waals surface area contributed by atoms with E-state index in [9.17, 15) is 0 Å². The maximum atomic E-state index is 4.96. The lowest BCUT2D eigenvalue weighted by molar-refractivity contribution is 0.666. The largest absolute Gasteiger partial charge is 0.212 e. The van der Waals surface area contributed by atoms with E-state index in [0.29, 0.717) is 0 Å². The molecule has 5 rings (SSSR count). The monoisotopic (exact) mass is 611 g/mol. The Bertz CT molecular complexity index is 1710. The van der Waals surface area contributed by atoms with E-state index in [4.69, 9.17) is 10.1 Å². The second-order valence-electron chi connectivity index (χ2n) is 13.4. The highest BCUT2D eigenvalue weighted by molar-refractivity contribution is 5.76. The van der Waals surface area contributed by atoms with E-state index < -0.39 is 0 Å². The van der Waals surface area contributed by atoms with Crippen LogP contribution in [0.15, 0.2) is 72.8 Å². The van der Waals surface area contributed by atoms with Crippen LogP contribution in [0.2, 0.25) is 0 Å². The van der Waals surface area contributed by atoms with E-state index in [-0.39, 0.29) is 0 Å². The number of aryl methyl sites for hydroxylation is 7. The summed E-state index contributed by atoms with van der Waals surface area (Å²) in [5.41, 5.74) is 15.2. The highest BCUT2D eigenvalue weighted by Gasteiger charge is 2.18. The summed E-state index contributed by atoms with van der Waals surface area (Å²) >= 11 is 0. The van der Waals surface area contributed by atoms with Crippen LogP contribution in [0.1, 0.15) is 104 Å². The summed E-state index contributed by atoms with van der Waals surface area (Å²) in [7, 11) is 0. The maximum absolute atomic E-state index is 4.96. The molecule has 5 aromatic rings. The first-order valence-corrected chi connectivity index (χ1v) is 17.6. The number of benzene rings is 4. The Morgan fingerprint density at radius 3 is 1.72 bits per heavy atom. The summed E-state index contributed by atoms with van der Waals surface area (Å²) in [6, 6.07) is 27.4. The second kappa shape index (κ2) is 15.5. The van der Waals surface area contributed by atoms with Crippen LogP contribution in [0.4, 0.5) is 0 Å². The summed E-state index contributed by atoms with van der Waals surface area (Å²) in [6.07, 6.45) is 12.7. The standard InChI is InChI=1S/C43H53N3/c1-8-10-12-14-17-35-21-23-37(24-22-35)40-27-32(5)42(33(6)28-40)46-43(44-34(7)45-46)39-20-16-19-38(29-39)41-30(3)25-36(26-31(41)4)18-15-13-11-9-2/h16,19-29H,8-15,17-18H2,1-7H3. The Labute approximate surface area is 278 Å². The SMILES string of the molecule is CCCCCCc1ccc(-c2cc(C)c(-n3nc(C)nc3-c3cccc(-c4c(C)cc(CCCCCC)cc4C)c3)c(C)c2)cc1. The first-order chi connectivity index (χ1) is 22.3. The Morgan fingerprint density at radius 2 is 1.11 bits per heavy atom. The first kappa shape index (κ1) is 33.4. The van der Waals surface area contributed by atoms with Crippen molar-refractivity contribution in [1.29, 1.82) is 0 Å². The lowest BCUT2D eigenvalue weighted by Gasteiger charge is -2.16. The average molecular weight is 612 g/mol. The van der Waals surface area contributed by atoms with Gasteiger partial charge in [0.15, 0.2) is 5.82 Å². The minimum absolute atomic E-state index is 0.776. The molecule has 4 aromatic carbocycles. The maximum Gasteiger partial charge on any atom is 0.163 e. The van der Waals surface area contributed by atoms with Gasteiger partial charge in [-0.15, -0.1) is 0 Å². The number of unbranched alkanes of at least 4 members (excludes halogenated alkanes) is 6. The zero-order valence-corrected chi connectivity index (χ0v) is 29.3. The zero-order valence-electron chi connectivity index (χ0n) is 29.3. The Kier molecular flexibility index (Phi) is 11.3. The summed E-state index contributed by atoms with van der Waals surface area (Å²) in [4.78, 5) is 4.96. The fraction of sp³-hybridized carbons (Fsp3) is 0.395. The van der Waals surface area contributed by atoms with Crippen molar-refractivity contribution in [3.8, 4) is 39.3 Å². The normalized spacial score (nSPS) is 11.4.